The van der Waals surface area contributed by atoms with Crippen LogP contribution in [-0.4, -0.2) is 9.70 Å². The number of nitrogens with zero attached hydrogens (tertiary/aromatic N) is 2. The van der Waals surface area contributed by atoms with Crippen LogP contribution in [0.3, 0.4) is 0 Å². The van der Waals surface area contributed by atoms with Gasteiger partial charge in [-0.05, 0) is 0 Å². The second kappa shape index (κ2) is 4.79. The SMILES string of the molecule is O=C(N=N[P+](Cl)(Cl)Cl)C(Cl)(Cl)Cl. The molecule has 0 radical (unpaired) electrons. The van der Waals surface area contributed by atoms with Crippen molar-refractivity contribution in [3.05, 3.63) is 0 Å². The van der Waals surface area contributed by atoms with Gasteiger partial charge in [0.1, 0.15) is 0 Å². The minimum Gasteiger partial charge on any atom is -0.266 e. The van der Waals surface area contributed by atoms with Crippen molar-refractivity contribution in [2.75, 3.05) is 0 Å². The third-order valence-corrected chi connectivity index (χ3v) is 1.87. The lowest BCUT2D eigenvalue weighted by molar-refractivity contribution is -0.117. The van der Waals surface area contributed by atoms with Crippen molar-refractivity contribution in [2.45, 2.75) is 3.79 Å². The number of carbonyl (C=O) groups is 1. The van der Waals surface area contributed by atoms with E-state index in [4.69, 9.17) is 68.5 Å². The van der Waals surface area contributed by atoms with Crippen LogP contribution in [-0.2, 0) is 4.79 Å². The Morgan fingerprint density at radius 3 is 1.83 bits per heavy atom. The molecule has 0 saturated heterocycles. The topological polar surface area (TPSA) is 41.8 Å². The zero-order valence-electron chi connectivity index (χ0n) is 5.02. The second-order valence-corrected chi connectivity index (χ2v) is 10.7. The van der Waals surface area contributed by atoms with E-state index < -0.39 is 15.2 Å². The Kier molecular flexibility index (Phi) is 5.36. The standard InChI is InChI=1S/C2Cl6N2OP/c3-2(4,5)1(11)9-10-12(6,7)8/q+1. The Balaban J connectivity index is 4.30. The number of hydrogen-bond acceptors (Lipinski definition) is 2. The maximum Gasteiger partial charge on any atom is 0.445 e. The lowest BCUT2D eigenvalue weighted by Gasteiger charge is -2.01. The molecule has 0 aromatic heterocycles. The molecule has 12 heavy (non-hydrogen) atoms. The summed E-state index contributed by atoms with van der Waals surface area (Å²) in [5.74, 6) is -1.10. The molecule has 0 unspecified atom stereocenters. The fourth-order valence-corrected chi connectivity index (χ4v) is 0.748. The normalized spacial score (nSPS) is 13.8. The zero-order valence-corrected chi connectivity index (χ0v) is 10.4. The van der Waals surface area contributed by atoms with Gasteiger partial charge in [-0.25, -0.2) is 0 Å². The first kappa shape index (κ1) is 13.4. The van der Waals surface area contributed by atoms with Gasteiger partial charge in [-0.1, -0.05) is 39.9 Å². The molecule has 0 rings (SSSR count). The molecule has 0 aliphatic rings. The number of halogens is 6. The van der Waals surface area contributed by atoms with E-state index in [1.54, 1.807) is 0 Å². The highest BCUT2D eigenvalue weighted by Gasteiger charge is 2.37. The highest BCUT2D eigenvalue weighted by molar-refractivity contribution is 8.31. The molecule has 0 atom stereocenters. The van der Waals surface area contributed by atoms with Crippen LogP contribution in [0.4, 0.5) is 0 Å². The Bertz CT molecular complexity index is 205. The van der Waals surface area contributed by atoms with Crippen molar-refractivity contribution < 1.29 is 4.79 Å². The predicted octanol–water partition coefficient (Wildman–Crippen LogP) is 4.73. The molecule has 70 valence electrons. The van der Waals surface area contributed by atoms with E-state index in [0.717, 1.165) is 0 Å². The van der Waals surface area contributed by atoms with Gasteiger partial charge in [0.15, 0.2) is 33.7 Å². The van der Waals surface area contributed by atoms with Crippen molar-refractivity contribution in [2.24, 2.45) is 10.00 Å². The second-order valence-electron chi connectivity index (χ2n) is 1.41. The summed E-state index contributed by atoms with van der Waals surface area (Å²) >= 11 is 31.1. The number of carbonyl (C=O) groups excluding carboxylic acids is 1. The first-order chi connectivity index (χ1) is 5.13. The Labute approximate surface area is 98.0 Å². The minimum atomic E-state index is -3.06. The average Bonchev–Trinajstić information content (AvgIpc) is 1.78. The molecule has 0 fully saturated rings. The molecule has 0 aromatic rings. The third kappa shape index (κ3) is 6.90. The van der Waals surface area contributed by atoms with Gasteiger partial charge in [0, 0.05) is 4.88 Å². The molecular weight excluding hydrogens is 312 g/mol. The fourth-order valence-electron chi connectivity index (χ4n) is 0.148. The van der Waals surface area contributed by atoms with Gasteiger partial charge >= 0.3 is 11.4 Å². The largest absolute Gasteiger partial charge is 0.445 e. The van der Waals surface area contributed by atoms with Crippen LogP contribution in [0.5, 0.6) is 0 Å². The van der Waals surface area contributed by atoms with E-state index in [2.05, 4.69) is 10.00 Å². The van der Waals surface area contributed by atoms with Crippen molar-refractivity contribution in [3.63, 3.8) is 0 Å². The van der Waals surface area contributed by atoms with E-state index in [1.165, 1.54) is 0 Å². The number of alkyl halides is 3. The maximum atomic E-state index is 10.7. The van der Waals surface area contributed by atoms with Gasteiger partial charge < -0.3 is 0 Å². The summed E-state index contributed by atoms with van der Waals surface area (Å²) in [6.45, 7) is 0. The Morgan fingerprint density at radius 1 is 1.17 bits per heavy atom. The van der Waals surface area contributed by atoms with Gasteiger partial charge in [-0.2, -0.15) is 0 Å². The summed E-state index contributed by atoms with van der Waals surface area (Å²) in [7, 11) is 0. The van der Waals surface area contributed by atoms with E-state index >= 15 is 0 Å². The highest BCUT2D eigenvalue weighted by atomic mass is 36.1. The van der Waals surface area contributed by atoms with Crippen LogP contribution >= 0.6 is 74.0 Å². The first-order valence-electron chi connectivity index (χ1n) is 2.15. The first-order valence-corrected chi connectivity index (χ1v) is 7.74. The molecule has 0 bridgehead atoms. The molecule has 0 spiro atoms. The summed E-state index contributed by atoms with van der Waals surface area (Å²) in [5, 5.41) is 2.91. The van der Waals surface area contributed by atoms with E-state index in [-0.39, 0.29) is 0 Å². The van der Waals surface area contributed by atoms with E-state index in [9.17, 15) is 4.79 Å². The average molecular weight is 312 g/mol. The molecule has 0 N–H and O–H groups in total. The van der Waals surface area contributed by atoms with Gasteiger partial charge in [0.25, 0.3) is 3.79 Å². The molecule has 0 saturated carbocycles. The lowest BCUT2D eigenvalue weighted by atomic mass is 10.7. The number of hydrogen-bond donors (Lipinski definition) is 0. The Morgan fingerprint density at radius 2 is 1.58 bits per heavy atom. The molecular formula is C2Cl6N2OP+. The predicted molar refractivity (Wildman–Crippen MR) is 54.6 cm³/mol. The van der Waals surface area contributed by atoms with Gasteiger partial charge in [0.05, 0.1) is 0 Å². The van der Waals surface area contributed by atoms with Crippen LogP contribution in [0.25, 0.3) is 0 Å². The summed E-state index contributed by atoms with van der Waals surface area (Å²) in [5.41, 5.74) is -3.06. The van der Waals surface area contributed by atoms with Crippen molar-refractivity contribution in [1.29, 1.82) is 0 Å². The number of rotatable bonds is 1. The van der Waals surface area contributed by atoms with Crippen LogP contribution in [0.1, 0.15) is 0 Å². The molecule has 0 aliphatic carbocycles. The molecule has 0 aromatic carbocycles. The quantitative estimate of drug-likeness (QED) is 0.392. The van der Waals surface area contributed by atoms with E-state index in [0.29, 0.717) is 0 Å². The lowest BCUT2D eigenvalue weighted by Crippen LogP contribution is -2.15. The van der Waals surface area contributed by atoms with Crippen LogP contribution in [0.2, 0.25) is 0 Å². The minimum absolute atomic E-state index is 1.10. The van der Waals surface area contributed by atoms with Crippen molar-refractivity contribution in [1.82, 2.24) is 0 Å². The molecule has 3 nitrogen and oxygen atoms in total. The summed E-state index contributed by atoms with van der Waals surface area (Å²) in [6.07, 6.45) is 0. The molecule has 1 amide bonds. The molecule has 10 heteroatoms. The Hall–Kier alpha value is 1.44. The van der Waals surface area contributed by atoms with Crippen molar-refractivity contribution in [3.8, 4) is 0 Å². The molecule has 0 aliphatic heterocycles. The maximum absolute atomic E-state index is 10.7. The van der Waals surface area contributed by atoms with Crippen molar-refractivity contribution >= 4 is 79.9 Å². The smallest absolute Gasteiger partial charge is 0.266 e. The van der Waals surface area contributed by atoms with Crippen LogP contribution in [0.15, 0.2) is 10.00 Å². The number of amides is 1. The summed E-state index contributed by atoms with van der Waals surface area (Å²) in [6, 6.07) is 0. The monoisotopic (exact) mass is 309 g/mol. The third-order valence-electron chi connectivity index (χ3n) is 0.479. The summed E-state index contributed by atoms with van der Waals surface area (Å²) < 4.78 is -2.16. The highest BCUT2D eigenvalue weighted by Crippen LogP contribution is 2.75. The van der Waals surface area contributed by atoms with Crippen LogP contribution < -0.4 is 0 Å². The molecule has 0 heterocycles. The fraction of sp³-hybridized carbons (Fsp3) is 0.500. The van der Waals surface area contributed by atoms with Gasteiger partial charge in [-0.3, -0.25) is 4.79 Å². The van der Waals surface area contributed by atoms with E-state index in [1.807, 2.05) is 0 Å². The van der Waals surface area contributed by atoms with Gasteiger partial charge in [-0.15, -0.1) is 0 Å². The van der Waals surface area contributed by atoms with Crippen LogP contribution in [0, 0.1) is 0 Å². The van der Waals surface area contributed by atoms with Gasteiger partial charge in [0.2, 0.25) is 0 Å². The summed E-state index contributed by atoms with van der Waals surface area (Å²) in [4.78, 5) is 13.7. The zero-order chi connectivity index (χ0) is 9.99.